The molecule has 6 heteroatoms. The Bertz CT molecular complexity index is 377. The Balaban J connectivity index is 2.19. The van der Waals surface area contributed by atoms with Crippen molar-refractivity contribution in [3.05, 3.63) is 11.9 Å². The molecular weight excluding hydrogens is 214 g/mol. The van der Waals surface area contributed by atoms with Gasteiger partial charge in [-0.2, -0.15) is 5.10 Å². The van der Waals surface area contributed by atoms with E-state index in [0.717, 1.165) is 11.4 Å². The lowest BCUT2D eigenvalue weighted by Crippen LogP contribution is -2.33. The Morgan fingerprint density at radius 3 is 3.27 bits per heavy atom. The molecule has 1 aliphatic heterocycles. The molecule has 1 aliphatic rings. The van der Waals surface area contributed by atoms with Crippen LogP contribution in [0.5, 0.6) is 5.75 Å². The van der Waals surface area contributed by atoms with Crippen LogP contribution < -0.4 is 10.1 Å². The fraction of sp³-hybridized carbons (Fsp3) is 0.556. The first-order valence-corrected chi connectivity index (χ1v) is 5.16. The van der Waals surface area contributed by atoms with Gasteiger partial charge in [-0.3, -0.25) is 4.68 Å². The topological polar surface area (TPSA) is 48.3 Å². The van der Waals surface area contributed by atoms with Crippen LogP contribution in [0.3, 0.4) is 0 Å². The first kappa shape index (κ1) is 10.4. The average Bonchev–Trinajstić information content (AvgIpc) is 2.57. The highest BCUT2D eigenvalue weighted by atomic mass is 32.1. The summed E-state index contributed by atoms with van der Waals surface area (Å²) in [4.78, 5) is 0. The van der Waals surface area contributed by atoms with Gasteiger partial charge in [-0.1, -0.05) is 0 Å². The molecule has 0 bridgehead atoms. The molecule has 5 nitrogen and oxygen atoms in total. The molecule has 0 aromatic carbocycles. The summed E-state index contributed by atoms with van der Waals surface area (Å²) in [7, 11) is 1.67. The summed E-state index contributed by atoms with van der Waals surface area (Å²) in [5.41, 5.74) is 0.889. The standard InChI is InChI=1S/C9H13N3O2S/c1-6-8-7(14-9(15)10-6)5-12(11-8)3-4-13-2/h5-6H,3-4H2,1-2H3,(H,10,15). The third kappa shape index (κ3) is 2.10. The molecular formula is C9H13N3O2S. The summed E-state index contributed by atoms with van der Waals surface area (Å²) >= 11 is 4.96. The minimum absolute atomic E-state index is 0.102. The van der Waals surface area contributed by atoms with E-state index in [4.69, 9.17) is 21.7 Å². The van der Waals surface area contributed by atoms with Gasteiger partial charge >= 0.3 is 0 Å². The van der Waals surface area contributed by atoms with Crippen LogP contribution in [0.4, 0.5) is 0 Å². The zero-order chi connectivity index (χ0) is 10.8. The summed E-state index contributed by atoms with van der Waals surface area (Å²) in [6, 6.07) is 0.102. The largest absolute Gasteiger partial charge is 0.428 e. The molecule has 0 spiro atoms. The Kier molecular flexibility index (Phi) is 2.88. The van der Waals surface area contributed by atoms with Crippen molar-refractivity contribution in [2.24, 2.45) is 0 Å². The van der Waals surface area contributed by atoms with Crippen molar-refractivity contribution in [3.63, 3.8) is 0 Å². The number of nitrogens with zero attached hydrogens (tertiary/aromatic N) is 2. The molecule has 0 amide bonds. The zero-order valence-corrected chi connectivity index (χ0v) is 9.50. The fourth-order valence-electron chi connectivity index (χ4n) is 1.47. The van der Waals surface area contributed by atoms with Gasteiger partial charge in [0.1, 0.15) is 5.69 Å². The van der Waals surface area contributed by atoms with Crippen LogP contribution in [-0.4, -0.2) is 28.7 Å². The number of hydrogen-bond acceptors (Lipinski definition) is 4. The molecule has 1 unspecified atom stereocenters. The normalized spacial score (nSPS) is 19.3. The molecule has 0 saturated carbocycles. The van der Waals surface area contributed by atoms with Crippen molar-refractivity contribution < 1.29 is 9.47 Å². The number of hydrogen-bond donors (Lipinski definition) is 1. The molecule has 1 N–H and O–H groups in total. The predicted octanol–water partition coefficient (Wildman–Crippen LogP) is 0.857. The van der Waals surface area contributed by atoms with E-state index in [0.29, 0.717) is 18.3 Å². The molecule has 0 aliphatic carbocycles. The molecule has 0 saturated heterocycles. The highest BCUT2D eigenvalue weighted by Crippen LogP contribution is 2.27. The van der Waals surface area contributed by atoms with E-state index in [9.17, 15) is 0 Å². The Morgan fingerprint density at radius 1 is 1.73 bits per heavy atom. The monoisotopic (exact) mass is 227 g/mol. The summed E-state index contributed by atoms with van der Waals surface area (Å²) < 4.78 is 12.1. The lowest BCUT2D eigenvalue weighted by atomic mass is 10.2. The van der Waals surface area contributed by atoms with Gasteiger partial charge in [-0.25, -0.2) is 0 Å². The highest BCUT2D eigenvalue weighted by molar-refractivity contribution is 7.80. The van der Waals surface area contributed by atoms with Crippen LogP contribution in [0.15, 0.2) is 6.20 Å². The van der Waals surface area contributed by atoms with Gasteiger partial charge in [0.05, 0.1) is 25.4 Å². The molecule has 0 fully saturated rings. The SMILES string of the molecule is COCCn1cc2c(n1)C(C)NC(=S)O2. The molecule has 1 aromatic rings. The van der Waals surface area contributed by atoms with Gasteiger partial charge in [0.2, 0.25) is 0 Å². The molecule has 0 radical (unpaired) electrons. The maximum atomic E-state index is 5.36. The van der Waals surface area contributed by atoms with Crippen LogP contribution in [0.1, 0.15) is 18.7 Å². The van der Waals surface area contributed by atoms with Crippen molar-refractivity contribution in [1.82, 2.24) is 15.1 Å². The van der Waals surface area contributed by atoms with Gasteiger partial charge in [0.25, 0.3) is 5.17 Å². The van der Waals surface area contributed by atoms with E-state index in [1.165, 1.54) is 0 Å². The lowest BCUT2D eigenvalue weighted by Gasteiger charge is -2.20. The first-order valence-electron chi connectivity index (χ1n) is 4.75. The maximum absolute atomic E-state index is 5.36. The maximum Gasteiger partial charge on any atom is 0.262 e. The molecule has 1 aromatic heterocycles. The summed E-state index contributed by atoms with van der Waals surface area (Å²) in [6.45, 7) is 3.35. The second kappa shape index (κ2) is 4.16. The number of methoxy groups -OCH3 is 1. The smallest absolute Gasteiger partial charge is 0.262 e. The molecule has 2 rings (SSSR count). The summed E-state index contributed by atoms with van der Waals surface area (Å²) in [6.07, 6.45) is 1.85. The third-order valence-electron chi connectivity index (χ3n) is 2.23. The minimum atomic E-state index is 0.102. The number of nitrogens with one attached hydrogen (secondary N) is 1. The first-order chi connectivity index (χ1) is 7.20. The molecule has 2 heterocycles. The van der Waals surface area contributed by atoms with Crippen LogP contribution in [0.25, 0.3) is 0 Å². The number of fused-ring (bicyclic) bond motifs is 1. The molecule has 15 heavy (non-hydrogen) atoms. The van der Waals surface area contributed by atoms with Gasteiger partial charge in [0.15, 0.2) is 5.75 Å². The second-order valence-corrected chi connectivity index (χ2v) is 3.76. The number of aromatic nitrogens is 2. The van der Waals surface area contributed by atoms with Crippen LogP contribution >= 0.6 is 12.2 Å². The van der Waals surface area contributed by atoms with E-state index in [1.54, 1.807) is 11.8 Å². The van der Waals surface area contributed by atoms with Crippen molar-refractivity contribution in [1.29, 1.82) is 0 Å². The van der Waals surface area contributed by atoms with Crippen molar-refractivity contribution in [2.75, 3.05) is 13.7 Å². The van der Waals surface area contributed by atoms with Crippen molar-refractivity contribution >= 4 is 17.4 Å². The van der Waals surface area contributed by atoms with Crippen LogP contribution in [0.2, 0.25) is 0 Å². The van der Waals surface area contributed by atoms with E-state index >= 15 is 0 Å². The third-order valence-corrected chi connectivity index (χ3v) is 2.43. The zero-order valence-electron chi connectivity index (χ0n) is 8.69. The van der Waals surface area contributed by atoms with Crippen LogP contribution in [-0.2, 0) is 11.3 Å². The number of rotatable bonds is 3. The summed E-state index contributed by atoms with van der Waals surface area (Å²) in [5, 5.41) is 7.80. The molecule has 1 atom stereocenters. The van der Waals surface area contributed by atoms with Crippen molar-refractivity contribution in [3.8, 4) is 5.75 Å². The predicted molar refractivity (Wildman–Crippen MR) is 58.9 cm³/mol. The van der Waals surface area contributed by atoms with Gasteiger partial charge < -0.3 is 14.8 Å². The quantitative estimate of drug-likeness (QED) is 0.776. The van der Waals surface area contributed by atoms with E-state index in [1.807, 2.05) is 13.1 Å². The lowest BCUT2D eigenvalue weighted by molar-refractivity contribution is 0.183. The van der Waals surface area contributed by atoms with Gasteiger partial charge in [-0.15, -0.1) is 0 Å². The van der Waals surface area contributed by atoms with Gasteiger partial charge in [0, 0.05) is 7.11 Å². The van der Waals surface area contributed by atoms with E-state index < -0.39 is 0 Å². The molecule has 82 valence electrons. The van der Waals surface area contributed by atoms with Gasteiger partial charge in [-0.05, 0) is 19.1 Å². The van der Waals surface area contributed by atoms with E-state index in [2.05, 4.69) is 10.4 Å². The second-order valence-electron chi connectivity index (χ2n) is 3.39. The fourth-order valence-corrected chi connectivity index (χ4v) is 1.74. The van der Waals surface area contributed by atoms with Crippen molar-refractivity contribution in [2.45, 2.75) is 19.5 Å². The highest BCUT2D eigenvalue weighted by Gasteiger charge is 2.24. The number of thiocarbonyl (C=S) groups is 1. The van der Waals surface area contributed by atoms with Crippen LogP contribution in [0, 0.1) is 0 Å². The Labute approximate surface area is 93.4 Å². The van der Waals surface area contributed by atoms with E-state index in [-0.39, 0.29) is 6.04 Å². The number of ether oxygens (including phenoxy) is 2. The Morgan fingerprint density at radius 2 is 2.53 bits per heavy atom. The summed E-state index contributed by atoms with van der Waals surface area (Å²) in [5.74, 6) is 0.738. The minimum Gasteiger partial charge on any atom is -0.428 e. The Hall–Kier alpha value is -1.14. The average molecular weight is 227 g/mol.